The lowest BCUT2D eigenvalue weighted by atomic mass is 10.2. The van der Waals surface area contributed by atoms with Crippen LogP contribution in [0.15, 0.2) is 53.4 Å². The van der Waals surface area contributed by atoms with Crippen LogP contribution in [0, 0.1) is 5.82 Å². The maximum atomic E-state index is 13.7. The molecule has 0 aliphatic heterocycles. The molecule has 11 heteroatoms. The molecule has 1 unspecified atom stereocenters. The number of hydrogen-bond donors (Lipinski definition) is 2. The lowest BCUT2D eigenvalue weighted by molar-refractivity contribution is -0.149. The number of sulfonamides is 1. The van der Waals surface area contributed by atoms with Crippen molar-refractivity contribution in [2.45, 2.75) is 17.4 Å². The van der Waals surface area contributed by atoms with Gasteiger partial charge in [-0.15, -0.1) is 0 Å². The Morgan fingerprint density at radius 2 is 1.90 bits per heavy atom. The van der Waals surface area contributed by atoms with E-state index in [1.165, 1.54) is 36.0 Å². The number of thioether (sulfide) groups is 1. The van der Waals surface area contributed by atoms with Gasteiger partial charge < -0.3 is 10.1 Å². The fourth-order valence-electron chi connectivity index (χ4n) is 2.33. The van der Waals surface area contributed by atoms with Gasteiger partial charge in [0.2, 0.25) is 10.0 Å². The summed E-state index contributed by atoms with van der Waals surface area (Å²) in [5, 5.41) is 2.46. The molecule has 0 aromatic heterocycles. The Hall–Kier alpha value is -2.14. The first-order chi connectivity index (χ1) is 14.2. The zero-order chi connectivity index (χ0) is 22.1. The van der Waals surface area contributed by atoms with Crippen molar-refractivity contribution < 1.29 is 27.1 Å². The van der Waals surface area contributed by atoms with Crippen molar-refractivity contribution in [1.82, 2.24) is 4.72 Å². The number of nitrogens with one attached hydrogen (secondary N) is 2. The van der Waals surface area contributed by atoms with Crippen molar-refractivity contribution in [3.63, 3.8) is 0 Å². The molecule has 0 spiro atoms. The van der Waals surface area contributed by atoms with Gasteiger partial charge in [0.05, 0.1) is 10.6 Å². The molecule has 2 N–H and O–H groups in total. The normalized spacial score (nSPS) is 12.2. The van der Waals surface area contributed by atoms with Gasteiger partial charge in [-0.05, 0) is 48.8 Å². The van der Waals surface area contributed by atoms with Crippen LogP contribution in [-0.2, 0) is 24.3 Å². The Balaban J connectivity index is 2.01. The zero-order valence-electron chi connectivity index (χ0n) is 15.9. The number of carbonyl (C=O) groups excluding carboxylic acids is 2. The number of rotatable bonds is 10. The fraction of sp³-hybridized carbons (Fsp3) is 0.263. The summed E-state index contributed by atoms with van der Waals surface area (Å²) in [7, 11) is -3.96. The second-order valence-electron chi connectivity index (χ2n) is 6.05. The van der Waals surface area contributed by atoms with E-state index < -0.39 is 40.4 Å². The summed E-state index contributed by atoms with van der Waals surface area (Å²) in [6.07, 6.45) is 1.97. The Kier molecular flexibility index (Phi) is 9.09. The number of benzene rings is 2. The Morgan fingerprint density at radius 1 is 1.20 bits per heavy atom. The van der Waals surface area contributed by atoms with Gasteiger partial charge in [-0.25, -0.2) is 12.8 Å². The molecular weight excluding hydrogens is 455 g/mol. The van der Waals surface area contributed by atoms with Gasteiger partial charge in [0, 0.05) is 5.02 Å². The van der Waals surface area contributed by atoms with Gasteiger partial charge in [0.15, 0.2) is 6.61 Å². The van der Waals surface area contributed by atoms with Gasteiger partial charge in [0.1, 0.15) is 11.9 Å². The van der Waals surface area contributed by atoms with Crippen LogP contribution in [0.3, 0.4) is 0 Å². The highest BCUT2D eigenvalue weighted by Crippen LogP contribution is 2.19. The monoisotopic (exact) mass is 474 g/mol. The number of anilines is 1. The van der Waals surface area contributed by atoms with Gasteiger partial charge in [0.25, 0.3) is 5.91 Å². The van der Waals surface area contributed by atoms with Gasteiger partial charge >= 0.3 is 5.97 Å². The molecule has 0 fully saturated rings. The summed E-state index contributed by atoms with van der Waals surface area (Å²) in [5.74, 6) is -1.92. The topological polar surface area (TPSA) is 102 Å². The first-order valence-corrected chi connectivity index (χ1v) is 12.0. The number of hydrogen-bond acceptors (Lipinski definition) is 6. The SMILES string of the molecule is CSCCC(NS(=O)(=O)c1ccccc1)C(=O)OCC(=O)Nc1cc(Cl)ccc1F. The molecular formula is C19H20ClFN2O5S2. The molecule has 2 aromatic rings. The third kappa shape index (κ3) is 7.28. The maximum absolute atomic E-state index is 13.7. The van der Waals surface area contributed by atoms with Crippen molar-refractivity contribution >= 4 is 50.9 Å². The van der Waals surface area contributed by atoms with E-state index in [4.69, 9.17) is 16.3 Å². The van der Waals surface area contributed by atoms with Crippen LogP contribution in [0.2, 0.25) is 5.02 Å². The van der Waals surface area contributed by atoms with Crippen LogP contribution in [0.4, 0.5) is 10.1 Å². The number of carbonyl (C=O) groups is 2. The third-order valence-corrected chi connectivity index (χ3v) is 6.16. The molecule has 0 aliphatic carbocycles. The van der Waals surface area contributed by atoms with Gasteiger partial charge in [-0.1, -0.05) is 29.8 Å². The first kappa shape index (κ1) is 24.1. The highest BCUT2D eigenvalue weighted by Gasteiger charge is 2.27. The van der Waals surface area contributed by atoms with E-state index in [0.29, 0.717) is 5.75 Å². The van der Waals surface area contributed by atoms with Crippen LogP contribution in [-0.4, -0.2) is 45.0 Å². The Morgan fingerprint density at radius 3 is 2.57 bits per heavy atom. The summed E-state index contributed by atoms with van der Waals surface area (Å²) in [5.41, 5.74) is -0.160. The lowest BCUT2D eigenvalue weighted by Crippen LogP contribution is -2.43. The van der Waals surface area contributed by atoms with Crippen LogP contribution < -0.4 is 10.0 Å². The quantitative estimate of drug-likeness (QED) is 0.513. The third-order valence-electron chi connectivity index (χ3n) is 3.79. The Labute approximate surface area is 183 Å². The largest absolute Gasteiger partial charge is 0.454 e. The fourth-order valence-corrected chi connectivity index (χ4v) is 4.22. The average Bonchev–Trinajstić information content (AvgIpc) is 2.72. The Bertz CT molecular complexity index is 990. The average molecular weight is 475 g/mol. The number of amides is 1. The van der Waals surface area contributed by atoms with E-state index in [2.05, 4.69) is 10.0 Å². The van der Waals surface area contributed by atoms with E-state index in [-0.39, 0.29) is 22.0 Å². The predicted molar refractivity (Wildman–Crippen MR) is 115 cm³/mol. The summed E-state index contributed by atoms with van der Waals surface area (Å²) in [4.78, 5) is 24.4. The van der Waals surface area contributed by atoms with E-state index in [1.54, 1.807) is 24.5 Å². The van der Waals surface area contributed by atoms with Crippen LogP contribution >= 0.6 is 23.4 Å². The summed E-state index contributed by atoms with van der Waals surface area (Å²) in [6.45, 7) is -0.715. The van der Waals surface area contributed by atoms with Crippen molar-refractivity contribution in [3.8, 4) is 0 Å². The van der Waals surface area contributed by atoms with E-state index in [0.717, 1.165) is 6.07 Å². The molecule has 1 atom stereocenters. The molecule has 0 bridgehead atoms. The zero-order valence-corrected chi connectivity index (χ0v) is 18.3. The van der Waals surface area contributed by atoms with Crippen LogP contribution in [0.25, 0.3) is 0 Å². The molecule has 0 saturated carbocycles. The van der Waals surface area contributed by atoms with E-state index in [1.807, 2.05) is 0 Å². The van der Waals surface area contributed by atoms with Crippen molar-refractivity contribution in [3.05, 3.63) is 59.4 Å². The maximum Gasteiger partial charge on any atom is 0.324 e. The molecule has 0 radical (unpaired) electrons. The summed E-state index contributed by atoms with van der Waals surface area (Å²) in [6, 6.07) is 10.0. The van der Waals surface area contributed by atoms with Crippen LogP contribution in [0.1, 0.15) is 6.42 Å². The molecule has 0 aliphatic rings. The lowest BCUT2D eigenvalue weighted by Gasteiger charge is -2.17. The predicted octanol–water partition coefficient (Wildman–Crippen LogP) is 3.06. The molecule has 2 aromatic carbocycles. The molecule has 2 rings (SSSR count). The van der Waals surface area contributed by atoms with Crippen molar-refractivity contribution in [1.29, 1.82) is 0 Å². The smallest absolute Gasteiger partial charge is 0.324 e. The molecule has 162 valence electrons. The molecule has 0 saturated heterocycles. The van der Waals surface area contributed by atoms with Gasteiger partial charge in [-0.2, -0.15) is 16.5 Å². The minimum absolute atomic E-state index is 0.00104. The minimum Gasteiger partial charge on any atom is -0.454 e. The second kappa shape index (κ2) is 11.3. The molecule has 30 heavy (non-hydrogen) atoms. The highest BCUT2D eigenvalue weighted by atomic mass is 35.5. The molecule has 7 nitrogen and oxygen atoms in total. The number of ether oxygens (including phenoxy) is 1. The van der Waals surface area contributed by atoms with Crippen molar-refractivity contribution in [2.24, 2.45) is 0 Å². The second-order valence-corrected chi connectivity index (χ2v) is 9.18. The number of esters is 1. The number of halogens is 2. The van der Waals surface area contributed by atoms with Gasteiger partial charge in [-0.3, -0.25) is 9.59 Å². The standard InChI is InChI=1S/C19H20ClFN2O5S2/c1-29-10-9-16(23-30(26,27)14-5-3-2-4-6-14)19(25)28-12-18(24)22-17-11-13(20)7-8-15(17)21/h2-8,11,16,23H,9-10,12H2,1H3,(H,22,24). The molecule has 1 amide bonds. The highest BCUT2D eigenvalue weighted by molar-refractivity contribution is 7.98. The van der Waals surface area contributed by atoms with E-state index in [9.17, 15) is 22.4 Å². The minimum atomic E-state index is -3.96. The van der Waals surface area contributed by atoms with Crippen LogP contribution in [0.5, 0.6) is 0 Å². The van der Waals surface area contributed by atoms with Crippen molar-refractivity contribution in [2.75, 3.05) is 23.9 Å². The summed E-state index contributed by atoms with van der Waals surface area (Å²) < 4.78 is 45.9. The molecule has 0 heterocycles. The summed E-state index contributed by atoms with van der Waals surface area (Å²) >= 11 is 7.18. The first-order valence-electron chi connectivity index (χ1n) is 8.71. The van der Waals surface area contributed by atoms with E-state index >= 15 is 0 Å².